The van der Waals surface area contributed by atoms with E-state index < -0.39 is 0 Å². The molecule has 5 heteroatoms. The van der Waals surface area contributed by atoms with Gasteiger partial charge < -0.3 is 15.1 Å². The Morgan fingerprint density at radius 1 is 1.17 bits per heavy atom. The second kappa shape index (κ2) is 11.6. The Balaban J connectivity index is 1.29. The van der Waals surface area contributed by atoms with Crippen molar-refractivity contribution in [2.24, 2.45) is 5.92 Å². The smallest absolute Gasteiger partial charge is 0.243 e. The van der Waals surface area contributed by atoms with Crippen LogP contribution in [0.5, 0.6) is 0 Å². The zero-order valence-corrected chi connectivity index (χ0v) is 18.7. The van der Waals surface area contributed by atoms with E-state index in [4.69, 9.17) is 0 Å². The van der Waals surface area contributed by atoms with Crippen molar-refractivity contribution in [3.8, 4) is 0 Å². The minimum atomic E-state index is -0.268. The Hall–Kier alpha value is -1.72. The number of piperidine rings is 1. The third kappa shape index (κ3) is 6.92. The summed E-state index contributed by atoms with van der Waals surface area (Å²) in [5, 5.41) is 2.94. The second-order valence-corrected chi connectivity index (χ2v) is 9.10. The molecule has 0 aromatic heterocycles. The van der Waals surface area contributed by atoms with Crippen LogP contribution in [0.25, 0.3) is 6.08 Å². The lowest BCUT2D eigenvalue weighted by Crippen LogP contribution is -2.50. The van der Waals surface area contributed by atoms with E-state index in [2.05, 4.69) is 29.1 Å². The first-order valence-corrected chi connectivity index (χ1v) is 11.7. The molecular weight excluding hydrogens is 377 g/mol. The number of carbonyl (C=O) groups excluding carboxylic acids is 1. The third-order valence-corrected chi connectivity index (χ3v) is 6.97. The number of carbonyl (C=O) groups is 1. The number of hydrogen-bond donors (Lipinski definition) is 1. The van der Waals surface area contributed by atoms with Gasteiger partial charge in [0.2, 0.25) is 5.91 Å². The van der Waals surface area contributed by atoms with Crippen LogP contribution in [0.1, 0.15) is 57.4 Å². The Bertz CT molecular complexity index is 682. The molecule has 2 fully saturated rings. The molecule has 166 valence electrons. The van der Waals surface area contributed by atoms with Crippen LogP contribution in [0.3, 0.4) is 0 Å². The summed E-state index contributed by atoms with van der Waals surface area (Å²) in [5.41, 5.74) is 0.821. The first-order chi connectivity index (χ1) is 14.5. The van der Waals surface area contributed by atoms with Crippen molar-refractivity contribution >= 4 is 12.0 Å². The molecule has 4 nitrogen and oxygen atoms in total. The summed E-state index contributed by atoms with van der Waals surface area (Å²) < 4.78 is 12.9. The monoisotopic (exact) mass is 415 g/mol. The number of rotatable bonds is 8. The molecular formula is C25H38FN3O. The Labute approximate surface area is 181 Å². The first-order valence-electron chi connectivity index (χ1n) is 11.7. The summed E-state index contributed by atoms with van der Waals surface area (Å²) in [5.74, 6) is 0.472. The molecule has 1 N–H and O–H groups in total. The van der Waals surface area contributed by atoms with Crippen LogP contribution >= 0.6 is 0 Å². The molecule has 1 amide bonds. The van der Waals surface area contributed by atoms with E-state index in [1.54, 1.807) is 18.2 Å². The maximum Gasteiger partial charge on any atom is 0.243 e. The highest BCUT2D eigenvalue weighted by atomic mass is 19.1. The molecule has 1 saturated heterocycles. The third-order valence-electron chi connectivity index (χ3n) is 6.97. The second-order valence-electron chi connectivity index (χ2n) is 9.10. The maximum absolute atomic E-state index is 12.9. The highest BCUT2D eigenvalue weighted by Crippen LogP contribution is 2.30. The number of nitrogens with one attached hydrogen (secondary N) is 1. The quantitative estimate of drug-likeness (QED) is 0.507. The van der Waals surface area contributed by atoms with Crippen LogP contribution in [0.4, 0.5) is 4.39 Å². The van der Waals surface area contributed by atoms with Crippen molar-refractivity contribution in [3.63, 3.8) is 0 Å². The van der Waals surface area contributed by atoms with E-state index in [0.29, 0.717) is 6.54 Å². The normalized spacial score (nSPS) is 23.9. The predicted octanol–water partition coefficient (Wildman–Crippen LogP) is 4.32. The molecule has 2 unspecified atom stereocenters. The minimum Gasteiger partial charge on any atom is -0.353 e. The molecule has 2 atom stereocenters. The van der Waals surface area contributed by atoms with E-state index >= 15 is 0 Å². The van der Waals surface area contributed by atoms with Crippen molar-refractivity contribution in [2.45, 2.75) is 64.0 Å². The number of benzene rings is 1. The van der Waals surface area contributed by atoms with Gasteiger partial charge in [-0.05, 0) is 88.5 Å². The molecule has 2 aliphatic rings. The topological polar surface area (TPSA) is 35.6 Å². The average molecular weight is 416 g/mol. The lowest BCUT2D eigenvalue weighted by Gasteiger charge is -2.44. The zero-order valence-electron chi connectivity index (χ0n) is 18.7. The van der Waals surface area contributed by atoms with Crippen LogP contribution in [-0.2, 0) is 4.79 Å². The molecule has 1 aliphatic carbocycles. The van der Waals surface area contributed by atoms with Crippen LogP contribution in [0, 0.1) is 11.7 Å². The number of hydrogen-bond acceptors (Lipinski definition) is 3. The van der Waals surface area contributed by atoms with Crippen molar-refractivity contribution in [3.05, 3.63) is 41.7 Å². The van der Waals surface area contributed by atoms with E-state index in [1.165, 1.54) is 56.7 Å². The summed E-state index contributed by atoms with van der Waals surface area (Å²) in [6.45, 7) is 6.48. The van der Waals surface area contributed by atoms with Crippen molar-refractivity contribution in [1.29, 1.82) is 0 Å². The van der Waals surface area contributed by atoms with Crippen LogP contribution in [-0.4, -0.2) is 61.0 Å². The lowest BCUT2D eigenvalue weighted by atomic mass is 9.84. The summed E-state index contributed by atoms with van der Waals surface area (Å²) in [7, 11) is 2.35. The number of amides is 1. The van der Waals surface area contributed by atoms with Gasteiger partial charge in [-0.1, -0.05) is 31.9 Å². The Morgan fingerprint density at radius 3 is 2.57 bits per heavy atom. The van der Waals surface area contributed by atoms with Gasteiger partial charge in [0.15, 0.2) is 0 Å². The van der Waals surface area contributed by atoms with Crippen LogP contribution in [0.2, 0.25) is 0 Å². The van der Waals surface area contributed by atoms with Gasteiger partial charge in [-0.25, -0.2) is 4.39 Å². The zero-order chi connectivity index (χ0) is 21.3. The van der Waals surface area contributed by atoms with E-state index in [9.17, 15) is 9.18 Å². The molecule has 0 bridgehead atoms. The minimum absolute atomic E-state index is 0.0961. The van der Waals surface area contributed by atoms with Gasteiger partial charge in [-0.2, -0.15) is 0 Å². The SMILES string of the molecule is CC1CCCCC1N(C)C1CCN(CCCNC(=O)/C=C/c2ccc(F)cc2)CC1. The van der Waals surface area contributed by atoms with Gasteiger partial charge in [0.1, 0.15) is 5.82 Å². The summed E-state index contributed by atoms with van der Waals surface area (Å²) in [6, 6.07) is 7.61. The van der Waals surface area contributed by atoms with Crippen molar-refractivity contribution in [1.82, 2.24) is 15.1 Å². The van der Waals surface area contributed by atoms with Gasteiger partial charge in [-0.3, -0.25) is 4.79 Å². The Kier molecular flexibility index (Phi) is 8.88. The van der Waals surface area contributed by atoms with Crippen molar-refractivity contribution in [2.75, 3.05) is 33.2 Å². The van der Waals surface area contributed by atoms with E-state index in [0.717, 1.165) is 49.6 Å². The van der Waals surface area contributed by atoms with Gasteiger partial charge in [-0.15, -0.1) is 0 Å². The fourth-order valence-electron chi connectivity index (χ4n) is 5.04. The van der Waals surface area contributed by atoms with Gasteiger partial charge in [0, 0.05) is 24.7 Å². The highest BCUT2D eigenvalue weighted by molar-refractivity contribution is 5.91. The van der Waals surface area contributed by atoms with Crippen LogP contribution in [0.15, 0.2) is 30.3 Å². The number of nitrogens with zero attached hydrogens (tertiary/aromatic N) is 2. The lowest BCUT2D eigenvalue weighted by molar-refractivity contribution is -0.116. The fourth-order valence-corrected chi connectivity index (χ4v) is 5.04. The standard InChI is InChI=1S/C25H38FN3O/c1-20-6-3-4-7-24(20)28(2)23-14-18-29(19-15-23)17-5-16-27-25(30)13-10-21-8-11-22(26)12-9-21/h8-13,20,23-24H,3-7,14-19H2,1-2H3,(H,27,30)/b13-10+. The molecule has 30 heavy (non-hydrogen) atoms. The van der Waals surface area contributed by atoms with Crippen molar-refractivity contribution < 1.29 is 9.18 Å². The predicted molar refractivity (Wildman–Crippen MR) is 122 cm³/mol. The first kappa shape index (κ1) is 23.0. The average Bonchev–Trinajstić information content (AvgIpc) is 2.76. The number of halogens is 1. The summed E-state index contributed by atoms with van der Waals surface area (Å²) in [4.78, 5) is 17.2. The van der Waals surface area contributed by atoms with Gasteiger partial charge >= 0.3 is 0 Å². The molecule has 1 aliphatic heterocycles. The van der Waals surface area contributed by atoms with Gasteiger partial charge in [0.25, 0.3) is 0 Å². The number of likely N-dealkylation sites (tertiary alicyclic amines) is 1. The summed E-state index contributed by atoms with van der Waals surface area (Å²) in [6.07, 6.45) is 12.3. The highest BCUT2D eigenvalue weighted by Gasteiger charge is 2.31. The molecule has 1 heterocycles. The molecule has 0 radical (unpaired) electrons. The Morgan fingerprint density at radius 2 is 1.87 bits per heavy atom. The molecule has 3 rings (SSSR count). The molecule has 1 saturated carbocycles. The van der Waals surface area contributed by atoms with E-state index in [-0.39, 0.29) is 11.7 Å². The molecule has 1 aromatic carbocycles. The fraction of sp³-hybridized carbons (Fsp3) is 0.640. The maximum atomic E-state index is 12.9. The van der Waals surface area contributed by atoms with E-state index in [1.807, 2.05) is 0 Å². The molecule has 1 aromatic rings. The van der Waals surface area contributed by atoms with Gasteiger partial charge in [0.05, 0.1) is 0 Å². The largest absolute Gasteiger partial charge is 0.353 e. The molecule has 0 spiro atoms. The van der Waals surface area contributed by atoms with Crippen LogP contribution < -0.4 is 5.32 Å². The summed E-state index contributed by atoms with van der Waals surface area (Å²) >= 11 is 0.